The van der Waals surface area contributed by atoms with Gasteiger partial charge in [0, 0.05) is 6.20 Å². The largest absolute Gasteiger partial charge is 0.396 e. The summed E-state index contributed by atoms with van der Waals surface area (Å²) in [5, 5.41) is 8.58. The minimum absolute atomic E-state index is 0.511. The first kappa shape index (κ1) is 11.4. The minimum atomic E-state index is 0.511. The number of rotatable bonds is 1. The zero-order chi connectivity index (χ0) is 10.3. The van der Waals surface area contributed by atoms with E-state index < -0.39 is 0 Å². The summed E-state index contributed by atoms with van der Waals surface area (Å²) in [6.07, 6.45) is 2.37. The lowest BCUT2D eigenvalue weighted by Crippen LogP contribution is -1.98. The van der Waals surface area contributed by atoms with Crippen molar-refractivity contribution in [2.45, 2.75) is 27.2 Å². The van der Waals surface area contributed by atoms with E-state index in [1.165, 1.54) is 0 Å². The van der Waals surface area contributed by atoms with Crippen molar-refractivity contribution in [3.63, 3.8) is 0 Å². The second kappa shape index (κ2) is 6.01. The maximum absolute atomic E-state index is 8.58. The van der Waals surface area contributed by atoms with Crippen molar-refractivity contribution in [1.82, 2.24) is 4.98 Å². The van der Waals surface area contributed by atoms with Crippen molar-refractivity contribution in [2.75, 3.05) is 5.73 Å². The number of hydrogen-bond donors (Lipinski definition) is 1. The second-order valence-electron chi connectivity index (χ2n) is 2.18. The Labute approximate surface area is 79.2 Å². The summed E-state index contributed by atoms with van der Waals surface area (Å²) >= 11 is 0. The smallest absolute Gasteiger partial charge is 0.101 e. The SMILES string of the molecule is CC.CCc1nccc(C#N)c1N. The van der Waals surface area contributed by atoms with Crippen molar-refractivity contribution < 1.29 is 0 Å². The van der Waals surface area contributed by atoms with Crippen LogP contribution in [0.5, 0.6) is 0 Å². The zero-order valence-corrected chi connectivity index (χ0v) is 8.33. The average Bonchev–Trinajstić information content (AvgIpc) is 2.21. The van der Waals surface area contributed by atoms with Crippen LogP contribution in [0.3, 0.4) is 0 Å². The number of nitriles is 1. The van der Waals surface area contributed by atoms with Gasteiger partial charge >= 0.3 is 0 Å². The first-order valence-corrected chi connectivity index (χ1v) is 4.43. The van der Waals surface area contributed by atoms with Gasteiger partial charge in [0.05, 0.1) is 16.9 Å². The number of hydrogen-bond acceptors (Lipinski definition) is 3. The van der Waals surface area contributed by atoms with Crippen LogP contribution in [-0.4, -0.2) is 4.98 Å². The fourth-order valence-electron chi connectivity index (χ4n) is 0.896. The molecule has 1 rings (SSSR count). The van der Waals surface area contributed by atoms with Gasteiger partial charge < -0.3 is 5.73 Å². The lowest BCUT2D eigenvalue weighted by atomic mass is 10.1. The Kier molecular flexibility index (Phi) is 5.29. The number of anilines is 1. The van der Waals surface area contributed by atoms with Gasteiger partial charge in [-0.05, 0) is 12.5 Å². The molecule has 0 aliphatic carbocycles. The highest BCUT2D eigenvalue weighted by Crippen LogP contribution is 2.13. The molecule has 3 nitrogen and oxygen atoms in total. The molecule has 2 N–H and O–H groups in total. The highest BCUT2D eigenvalue weighted by atomic mass is 14.7. The van der Waals surface area contributed by atoms with Crippen molar-refractivity contribution in [2.24, 2.45) is 0 Å². The van der Waals surface area contributed by atoms with E-state index in [1.54, 1.807) is 12.3 Å². The average molecular weight is 177 g/mol. The molecule has 0 bridgehead atoms. The summed E-state index contributed by atoms with van der Waals surface area (Å²) in [5.74, 6) is 0. The molecule has 0 aromatic carbocycles. The van der Waals surface area contributed by atoms with Crippen LogP contribution in [0, 0.1) is 11.3 Å². The van der Waals surface area contributed by atoms with Crippen molar-refractivity contribution in [3.8, 4) is 6.07 Å². The first-order chi connectivity index (χ1) is 6.29. The third kappa shape index (κ3) is 2.75. The van der Waals surface area contributed by atoms with E-state index in [2.05, 4.69) is 4.98 Å². The quantitative estimate of drug-likeness (QED) is 0.714. The van der Waals surface area contributed by atoms with Crippen LogP contribution in [0.4, 0.5) is 5.69 Å². The van der Waals surface area contributed by atoms with E-state index >= 15 is 0 Å². The van der Waals surface area contributed by atoms with E-state index in [9.17, 15) is 0 Å². The molecule has 1 heterocycles. The Morgan fingerprint density at radius 2 is 2.15 bits per heavy atom. The minimum Gasteiger partial charge on any atom is -0.396 e. The maximum Gasteiger partial charge on any atom is 0.101 e. The van der Waals surface area contributed by atoms with Crippen LogP contribution in [-0.2, 0) is 6.42 Å². The van der Waals surface area contributed by atoms with Gasteiger partial charge in [0.25, 0.3) is 0 Å². The molecule has 0 unspecified atom stereocenters. The fraction of sp³-hybridized carbons (Fsp3) is 0.400. The predicted molar refractivity (Wildman–Crippen MR) is 54.1 cm³/mol. The van der Waals surface area contributed by atoms with Crippen LogP contribution < -0.4 is 5.73 Å². The molecule has 0 amide bonds. The van der Waals surface area contributed by atoms with E-state index in [-0.39, 0.29) is 0 Å². The summed E-state index contributed by atoms with van der Waals surface area (Å²) in [6.45, 7) is 5.96. The number of pyridine rings is 1. The van der Waals surface area contributed by atoms with Crippen LogP contribution >= 0.6 is 0 Å². The highest BCUT2D eigenvalue weighted by Gasteiger charge is 2.02. The summed E-state index contributed by atoms with van der Waals surface area (Å²) < 4.78 is 0. The molecule has 1 aromatic heterocycles. The normalized spacial score (nSPS) is 8.15. The molecule has 13 heavy (non-hydrogen) atoms. The Morgan fingerprint density at radius 3 is 2.62 bits per heavy atom. The molecule has 0 saturated heterocycles. The summed E-state index contributed by atoms with van der Waals surface area (Å²) in [4.78, 5) is 4.03. The second-order valence-corrected chi connectivity index (χ2v) is 2.18. The maximum atomic E-state index is 8.58. The molecule has 3 heteroatoms. The molecule has 0 radical (unpaired) electrons. The van der Waals surface area contributed by atoms with Crippen LogP contribution in [0.1, 0.15) is 32.0 Å². The lowest BCUT2D eigenvalue weighted by molar-refractivity contribution is 1.04. The van der Waals surface area contributed by atoms with E-state index in [1.807, 2.05) is 26.8 Å². The van der Waals surface area contributed by atoms with E-state index in [4.69, 9.17) is 11.0 Å². The fourth-order valence-corrected chi connectivity index (χ4v) is 0.896. The molecular weight excluding hydrogens is 162 g/mol. The molecule has 0 aliphatic heterocycles. The van der Waals surface area contributed by atoms with Gasteiger partial charge in [0.2, 0.25) is 0 Å². The van der Waals surface area contributed by atoms with Gasteiger partial charge in [-0.25, -0.2) is 0 Å². The third-order valence-corrected chi connectivity index (χ3v) is 1.53. The number of nitrogens with two attached hydrogens (primary N) is 1. The highest BCUT2D eigenvalue weighted by molar-refractivity contribution is 5.56. The Morgan fingerprint density at radius 1 is 1.54 bits per heavy atom. The molecule has 0 atom stereocenters. The summed E-state index contributed by atoms with van der Waals surface area (Å²) in [7, 11) is 0. The monoisotopic (exact) mass is 177 g/mol. The molecular formula is C10H15N3. The Hall–Kier alpha value is -1.56. The Bertz CT molecular complexity index is 300. The molecule has 0 saturated carbocycles. The lowest BCUT2D eigenvalue weighted by Gasteiger charge is -2.01. The number of aromatic nitrogens is 1. The van der Waals surface area contributed by atoms with Gasteiger partial charge in [-0.2, -0.15) is 5.26 Å². The third-order valence-electron chi connectivity index (χ3n) is 1.53. The molecule has 1 aromatic rings. The van der Waals surface area contributed by atoms with E-state index in [0.29, 0.717) is 11.3 Å². The number of aryl methyl sites for hydroxylation is 1. The van der Waals surface area contributed by atoms with Crippen LogP contribution in [0.25, 0.3) is 0 Å². The molecule has 0 aliphatic rings. The van der Waals surface area contributed by atoms with Gasteiger partial charge in [-0.1, -0.05) is 20.8 Å². The topological polar surface area (TPSA) is 62.7 Å². The van der Waals surface area contributed by atoms with Crippen LogP contribution in [0.15, 0.2) is 12.3 Å². The van der Waals surface area contributed by atoms with Crippen molar-refractivity contribution >= 4 is 5.69 Å². The molecule has 70 valence electrons. The Balaban J connectivity index is 0.000000671. The van der Waals surface area contributed by atoms with Crippen molar-refractivity contribution in [1.29, 1.82) is 5.26 Å². The van der Waals surface area contributed by atoms with E-state index in [0.717, 1.165) is 12.1 Å². The first-order valence-electron chi connectivity index (χ1n) is 4.43. The standard InChI is InChI=1S/C8H9N3.C2H6/c1-2-7-8(10)6(5-9)3-4-11-7;1-2/h3-4H,2,10H2,1H3;1-2H3. The van der Waals surface area contributed by atoms with Gasteiger partial charge in [0.1, 0.15) is 6.07 Å². The summed E-state index contributed by atoms with van der Waals surface area (Å²) in [5.41, 5.74) is 7.44. The summed E-state index contributed by atoms with van der Waals surface area (Å²) in [6, 6.07) is 3.62. The van der Waals surface area contributed by atoms with Gasteiger partial charge in [-0.15, -0.1) is 0 Å². The number of nitrogens with zero attached hydrogens (tertiary/aromatic N) is 2. The molecule has 0 fully saturated rings. The predicted octanol–water partition coefficient (Wildman–Crippen LogP) is 2.12. The zero-order valence-electron chi connectivity index (χ0n) is 8.33. The van der Waals surface area contributed by atoms with Crippen molar-refractivity contribution in [3.05, 3.63) is 23.5 Å². The van der Waals surface area contributed by atoms with Gasteiger partial charge in [0.15, 0.2) is 0 Å². The number of nitrogen functional groups attached to an aromatic ring is 1. The van der Waals surface area contributed by atoms with Crippen LogP contribution in [0.2, 0.25) is 0 Å². The van der Waals surface area contributed by atoms with Gasteiger partial charge in [-0.3, -0.25) is 4.98 Å². The molecule has 0 spiro atoms.